The zero-order valence-electron chi connectivity index (χ0n) is 11.2. The molecule has 5 nitrogen and oxygen atoms in total. The van der Waals surface area contributed by atoms with Gasteiger partial charge in [0.1, 0.15) is 0 Å². The Balaban J connectivity index is 1.97. The molecule has 0 aliphatic carbocycles. The lowest BCUT2D eigenvalue weighted by Gasteiger charge is -2.02. The molecule has 0 spiro atoms. The van der Waals surface area contributed by atoms with Gasteiger partial charge in [0.05, 0.1) is 5.69 Å². The van der Waals surface area contributed by atoms with E-state index in [9.17, 15) is 4.79 Å². The fourth-order valence-corrected chi connectivity index (χ4v) is 2.63. The Morgan fingerprint density at radius 2 is 2.05 bits per heavy atom. The minimum absolute atomic E-state index is 0.0792. The van der Waals surface area contributed by atoms with Gasteiger partial charge in [0.15, 0.2) is 0 Å². The number of fused-ring (bicyclic) bond motifs is 1. The molecule has 0 unspecified atom stereocenters. The van der Waals surface area contributed by atoms with Crippen molar-refractivity contribution in [2.45, 2.75) is 13.8 Å². The van der Waals surface area contributed by atoms with Crippen molar-refractivity contribution in [1.29, 1.82) is 0 Å². The van der Waals surface area contributed by atoms with E-state index < -0.39 is 0 Å². The zero-order chi connectivity index (χ0) is 14.1. The van der Waals surface area contributed by atoms with Gasteiger partial charge in [-0.15, -0.1) is 16.4 Å². The normalized spacial score (nSPS) is 11.2. The molecule has 3 rings (SSSR count). The Labute approximate surface area is 120 Å². The molecule has 102 valence electrons. The van der Waals surface area contributed by atoms with E-state index in [1.165, 1.54) is 11.3 Å². The minimum atomic E-state index is -0.0925. The molecule has 2 heterocycles. The summed E-state index contributed by atoms with van der Waals surface area (Å²) in [6.45, 7) is 3.67. The maximum Gasteiger partial charge on any atom is 0.250 e. The van der Waals surface area contributed by atoms with Crippen LogP contribution in [0, 0.1) is 5.92 Å². The molecular weight excluding hydrogens is 272 g/mol. The molecule has 0 saturated carbocycles. The third-order valence-electron chi connectivity index (χ3n) is 2.91. The summed E-state index contributed by atoms with van der Waals surface area (Å²) in [6, 6.07) is 9.99. The number of carbonyl (C=O) groups excluding carboxylic acids is 1. The number of nitrogens with one attached hydrogen (secondary N) is 1. The summed E-state index contributed by atoms with van der Waals surface area (Å²) in [5.74, 6) is 0.183. The maximum atomic E-state index is 11.7. The average molecular weight is 286 g/mol. The van der Waals surface area contributed by atoms with Gasteiger partial charge in [0.25, 0.3) is 0 Å². The first kappa shape index (κ1) is 12.8. The Morgan fingerprint density at radius 3 is 2.75 bits per heavy atom. The van der Waals surface area contributed by atoms with Gasteiger partial charge in [-0.1, -0.05) is 44.2 Å². The molecule has 1 aromatic carbocycles. The van der Waals surface area contributed by atoms with E-state index in [0.29, 0.717) is 5.95 Å². The number of aromatic nitrogens is 3. The number of amides is 1. The summed E-state index contributed by atoms with van der Waals surface area (Å²) >= 11 is 1.50. The van der Waals surface area contributed by atoms with Crippen molar-refractivity contribution in [3.05, 3.63) is 35.7 Å². The molecule has 2 aromatic heterocycles. The molecule has 0 saturated heterocycles. The highest BCUT2D eigenvalue weighted by molar-refractivity contribution is 7.15. The van der Waals surface area contributed by atoms with Crippen molar-refractivity contribution >= 4 is 28.2 Å². The van der Waals surface area contributed by atoms with Crippen LogP contribution in [0.5, 0.6) is 0 Å². The SMILES string of the molecule is CC(C)C(=O)Nc1nc2scc(-c3ccccc3)n2n1. The van der Waals surface area contributed by atoms with Gasteiger partial charge in [-0.2, -0.15) is 4.98 Å². The Hall–Kier alpha value is -2.21. The van der Waals surface area contributed by atoms with Crippen LogP contribution in [-0.2, 0) is 4.79 Å². The minimum Gasteiger partial charge on any atom is -0.293 e. The predicted octanol–water partition coefficient (Wildman–Crippen LogP) is 3.05. The summed E-state index contributed by atoms with van der Waals surface area (Å²) in [5, 5.41) is 9.09. The summed E-state index contributed by atoms with van der Waals surface area (Å²) < 4.78 is 1.76. The van der Waals surface area contributed by atoms with Crippen molar-refractivity contribution in [3.63, 3.8) is 0 Å². The first-order valence-corrected chi connectivity index (χ1v) is 7.23. The monoisotopic (exact) mass is 286 g/mol. The van der Waals surface area contributed by atoms with Crippen LogP contribution >= 0.6 is 11.3 Å². The quantitative estimate of drug-likeness (QED) is 0.805. The van der Waals surface area contributed by atoms with E-state index in [1.807, 2.05) is 49.6 Å². The van der Waals surface area contributed by atoms with Crippen molar-refractivity contribution in [2.75, 3.05) is 5.32 Å². The van der Waals surface area contributed by atoms with Gasteiger partial charge in [-0.3, -0.25) is 10.1 Å². The topological polar surface area (TPSA) is 59.3 Å². The summed E-state index contributed by atoms with van der Waals surface area (Å²) in [5.41, 5.74) is 2.05. The van der Waals surface area contributed by atoms with Crippen molar-refractivity contribution in [3.8, 4) is 11.3 Å². The molecule has 3 aromatic rings. The van der Waals surface area contributed by atoms with Crippen molar-refractivity contribution < 1.29 is 4.79 Å². The van der Waals surface area contributed by atoms with Crippen LogP contribution in [0.2, 0.25) is 0 Å². The number of carbonyl (C=O) groups is 1. The standard InChI is InChI=1S/C14H14N4OS/c1-9(2)12(19)15-13-16-14-18(17-13)11(8-20-14)10-6-4-3-5-7-10/h3-9H,1-2H3,(H,15,17,19). The molecule has 0 radical (unpaired) electrons. The molecule has 0 bridgehead atoms. The van der Waals surface area contributed by atoms with Gasteiger partial charge >= 0.3 is 0 Å². The molecule has 0 fully saturated rings. The second-order valence-electron chi connectivity index (χ2n) is 4.76. The third-order valence-corrected chi connectivity index (χ3v) is 3.73. The van der Waals surface area contributed by atoms with Gasteiger partial charge in [-0.05, 0) is 0 Å². The highest BCUT2D eigenvalue weighted by Crippen LogP contribution is 2.25. The van der Waals surface area contributed by atoms with E-state index in [2.05, 4.69) is 15.4 Å². The maximum absolute atomic E-state index is 11.7. The second-order valence-corrected chi connectivity index (χ2v) is 5.60. The van der Waals surface area contributed by atoms with Crippen molar-refractivity contribution in [1.82, 2.24) is 14.6 Å². The van der Waals surface area contributed by atoms with Gasteiger partial charge < -0.3 is 0 Å². The number of anilines is 1. The van der Waals surface area contributed by atoms with Crippen molar-refractivity contribution in [2.24, 2.45) is 5.92 Å². The lowest BCUT2D eigenvalue weighted by atomic mass is 10.2. The molecular formula is C14H14N4OS. The van der Waals surface area contributed by atoms with Crippen LogP contribution in [0.15, 0.2) is 35.7 Å². The Bertz CT molecular complexity index is 745. The smallest absolute Gasteiger partial charge is 0.250 e. The molecule has 1 N–H and O–H groups in total. The Kier molecular flexibility index (Phi) is 3.23. The summed E-state index contributed by atoms with van der Waals surface area (Å²) in [6.07, 6.45) is 0. The fraction of sp³-hybridized carbons (Fsp3) is 0.214. The average Bonchev–Trinajstić information content (AvgIpc) is 2.99. The molecule has 1 amide bonds. The molecule has 0 aliphatic rings. The van der Waals surface area contributed by atoms with Crippen LogP contribution in [0.3, 0.4) is 0 Å². The first-order chi connectivity index (χ1) is 9.65. The van der Waals surface area contributed by atoms with Crippen LogP contribution in [0.4, 0.5) is 5.95 Å². The molecule has 6 heteroatoms. The number of benzene rings is 1. The predicted molar refractivity (Wildman–Crippen MR) is 79.8 cm³/mol. The lowest BCUT2D eigenvalue weighted by molar-refractivity contribution is -0.118. The Morgan fingerprint density at radius 1 is 1.30 bits per heavy atom. The number of nitrogens with zero attached hydrogens (tertiary/aromatic N) is 3. The van der Waals surface area contributed by atoms with E-state index in [-0.39, 0.29) is 11.8 Å². The van der Waals surface area contributed by atoms with E-state index in [4.69, 9.17) is 0 Å². The number of hydrogen-bond acceptors (Lipinski definition) is 4. The van der Waals surface area contributed by atoms with E-state index in [0.717, 1.165) is 16.2 Å². The second kappa shape index (κ2) is 5.05. The van der Waals surface area contributed by atoms with Crippen LogP contribution in [0.1, 0.15) is 13.8 Å². The lowest BCUT2D eigenvalue weighted by Crippen LogP contribution is -2.18. The first-order valence-electron chi connectivity index (χ1n) is 6.35. The van der Waals surface area contributed by atoms with Crippen LogP contribution in [-0.4, -0.2) is 20.5 Å². The molecule has 0 aliphatic heterocycles. The van der Waals surface area contributed by atoms with Crippen LogP contribution in [0.25, 0.3) is 16.2 Å². The van der Waals surface area contributed by atoms with Gasteiger partial charge in [0, 0.05) is 16.9 Å². The number of rotatable bonds is 3. The number of hydrogen-bond donors (Lipinski definition) is 1. The van der Waals surface area contributed by atoms with Gasteiger partial charge in [-0.25, -0.2) is 4.52 Å². The highest BCUT2D eigenvalue weighted by Gasteiger charge is 2.14. The summed E-state index contributed by atoms with van der Waals surface area (Å²) in [4.78, 5) is 16.8. The van der Waals surface area contributed by atoms with E-state index >= 15 is 0 Å². The van der Waals surface area contributed by atoms with Crippen LogP contribution < -0.4 is 5.32 Å². The fourth-order valence-electron chi connectivity index (χ4n) is 1.80. The summed E-state index contributed by atoms with van der Waals surface area (Å²) in [7, 11) is 0. The largest absolute Gasteiger partial charge is 0.293 e. The highest BCUT2D eigenvalue weighted by atomic mass is 32.1. The third kappa shape index (κ3) is 2.30. The molecule has 0 atom stereocenters. The van der Waals surface area contributed by atoms with E-state index in [1.54, 1.807) is 4.52 Å². The molecule has 20 heavy (non-hydrogen) atoms. The zero-order valence-corrected chi connectivity index (χ0v) is 12.0. The number of thiazole rings is 1. The van der Waals surface area contributed by atoms with Gasteiger partial charge in [0.2, 0.25) is 16.8 Å².